The summed E-state index contributed by atoms with van der Waals surface area (Å²) in [7, 11) is 2.07. The number of aliphatic hydroxyl groups is 1. The molecule has 0 radical (unpaired) electrons. The highest BCUT2D eigenvalue weighted by atomic mass is 16.5. The molecule has 1 rings (SSSR count). The van der Waals surface area contributed by atoms with Crippen LogP contribution in [0.2, 0.25) is 0 Å². The Kier molecular flexibility index (Phi) is 7.03. The summed E-state index contributed by atoms with van der Waals surface area (Å²) in [6, 6.07) is 8.19. The maximum atomic E-state index is 10.3. The third-order valence-corrected chi connectivity index (χ3v) is 3.60. The molecule has 2 atom stereocenters. The molecule has 2 unspecified atom stereocenters. The predicted octanol–water partition coefficient (Wildman–Crippen LogP) is 3.49. The van der Waals surface area contributed by atoms with E-state index in [0.717, 1.165) is 17.7 Å². The van der Waals surface area contributed by atoms with E-state index in [-0.39, 0.29) is 0 Å². The SMILES string of the molecule is CCOc1ccc(C(O)CN(C)C(C)CC(C)C)cc1. The second-order valence-electron chi connectivity index (χ2n) is 5.94. The van der Waals surface area contributed by atoms with Gasteiger partial charge in [-0.2, -0.15) is 0 Å². The van der Waals surface area contributed by atoms with Gasteiger partial charge in [0.2, 0.25) is 0 Å². The molecular weight excluding hydrogens is 250 g/mol. The summed E-state index contributed by atoms with van der Waals surface area (Å²) in [5, 5.41) is 10.3. The Morgan fingerprint density at radius 2 is 1.75 bits per heavy atom. The van der Waals surface area contributed by atoms with Gasteiger partial charge in [0.25, 0.3) is 0 Å². The van der Waals surface area contributed by atoms with Gasteiger partial charge in [-0.3, -0.25) is 0 Å². The van der Waals surface area contributed by atoms with Gasteiger partial charge in [0.15, 0.2) is 0 Å². The molecule has 0 aromatic heterocycles. The van der Waals surface area contributed by atoms with Crippen LogP contribution in [-0.4, -0.2) is 36.2 Å². The molecule has 1 aromatic rings. The highest BCUT2D eigenvalue weighted by Gasteiger charge is 2.16. The van der Waals surface area contributed by atoms with Crippen molar-refractivity contribution >= 4 is 0 Å². The van der Waals surface area contributed by atoms with Crippen LogP contribution in [0, 0.1) is 5.92 Å². The fourth-order valence-corrected chi connectivity index (χ4v) is 2.37. The Bertz CT molecular complexity index is 375. The van der Waals surface area contributed by atoms with Crippen molar-refractivity contribution in [2.75, 3.05) is 20.2 Å². The maximum absolute atomic E-state index is 10.3. The van der Waals surface area contributed by atoms with Gasteiger partial charge in [-0.1, -0.05) is 26.0 Å². The van der Waals surface area contributed by atoms with Gasteiger partial charge in [-0.05, 0) is 50.9 Å². The van der Waals surface area contributed by atoms with Crippen molar-refractivity contribution in [2.45, 2.75) is 46.3 Å². The molecule has 0 heterocycles. The van der Waals surface area contributed by atoms with Gasteiger partial charge in [0.1, 0.15) is 5.75 Å². The molecule has 0 aliphatic rings. The van der Waals surface area contributed by atoms with E-state index < -0.39 is 6.10 Å². The topological polar surface area (TPSA) is 32.7 Å². The van der Waals surface area contributed by atoms with Crippen molar-refractivity contribution in [3.8, 4) is 5.75 Å². The van der Waals surface area contributed by atoms with Crippen LogP contribution in [-0.2, 0) is 0 Å². The number of rotatable bonds is 8. The Morgan fingerprint density at radius 1 is 1.15 bits per heavy atom. The second kappa shape index (κ2) is 8.28. The van der Waals surface area contributed by atoms with E-state index in [4.69, 9.17) is 4.74 Å². The van der Waals surface area contributed by atoms with Crippen molar-refractivity contribution < 1.29 is 9.84 Å². The lowest BCUT2D eigenvalue weighted by Gasteiger charge is -2.28. The third kappa shape index (κ3) is 5.51. The Labute approximate surface area is 123 Å². The van der Waals surface area contributed by atoms with Gasteiger partial charge >= 0.3 is 0 Å². The number of hydrogen-bond acceptors (Lipinski definition) is 3. The molecule has 0 amide bonds. The first kappa shape index (κ1) is 17.0. The van der Waals surface area contributed by atoms with Crippen molar-refractivity contribution in [1.82, 2.24) is 4.90 Å². The van der Waals surface area contributed by atoms with Crippen LogP contribution in [0.15, 0.2) is 24.3 Å². The molecule has 0 bridgehead atoms. The van der Waals surface area contributed by atoms with Crippen LogP contribution in [0.25, 0.3) is 0 Å². The van der Waals surface area contributed by atoms with Crippen molar-refractivity contribution in [2.24, 2.45) is 5.92 Å². The molecule has 1 aromatic carbocycles. The molecule has 114 valence electrons. The molecule has 1 N–H and O–H groups in total. The second-order valence-corrected chi connectivity index (χ2v) is 5.94. The minimum absolute atomic E-state index is 0.453. The van der Waals surface area contributed by atoms with Gasteiger partial charge in [0, 0.05) is 12.6 Å². The molecular formula is C17H29NO2. The van der Waals surface area contributed by atoms with Crippen LogP contribution in [0.5, 0.6) is 5.75 Å². The minimum Gasteiger partial charge on any atom is -0.494 e. The van der Waals surface area contributed by atoms with Gasteiger partial charge in [-0.15, -0.1) is 0 Å². The number of aliphatic hydroxyl groups excluding tert-OH is 1. The largest absolute Gasteiger partial charge is 0.494 e. The van der Waals surface area contributed by atoms with E-state index in [1.54, 1.807) is 0 Å². The predicted molar refractivity (Wildman–Crippen MR) is 84.1 cm³/mol. The zero-order chi connectivity index (χ0) is 15.1. The number of benzene rings is 1. The molecule has 0 saturated heterocycles. The first-order valence-corrected chi connectivity index (χ1v) is 7.55. The zero-order valence-corrected chi connectivity index (χ0v) is 13.5. The standard InChI is InChI=1S/C17H29NO2/c1-6-20-16-9-7-15(8-10-16)17(19)12-18(5)14(4)11-13(2)3/h7-10,13-14,17,19H,6,11-12H2,1-5H3. The van der Waals surface area contributed by atoms with Crippen LogP contribution < -0.4 is 4.74 Å². The fraction of sp³-hybridized carbons (Fsp3) is 0.647. The molecule has 0 saturated carbocycles. The highest BCUT2D eigenvalue weighted by molar-refractivity contribution is 5.28. The van der Waals surface area contributed by atoms with Crippen LogP contribution in [0.3, 0.4) is 0 Å². The molecule has 0 aliphatic carbocycles. The number of nitrogens with zero attached hydrogens (tertiary/aromatic N) is 1. The van der Waals surface area contributed by atoms with Gasteiger partial charge in [0.05, 0.1) is 12.7 Å². The smallest absolute Gasteiger partial charge is 0.119 e. The average Bonchev–Trinajstić information content (AvgIpc) is 2.39. The van der Waals surface area contributed by atoms with Crippen LogP contribution >= 0.6 is 0 Å². The van der Waals surface area contributed by atoms with Crippen molar-refractivity contribution in [3.63, 3.8) is 0 Å². The first-order chi connectivity index (χ1) is 9.43. The molecule has 3 nitrogen and oxygen atoms in total. The lowest BCUT2D eigenvalue weighted by molar-refractivity contribution is 0.102. The highest BCUT2D eigenvalue weighted by Crippen LogP contribution is 2.20. The summed E-state index contributed by atoms with van der Waals surface area (Å²) < 4.78 is 5.41. The first-order valence-electron chi connectivity index (χ1n) is 7.55. The summed E-state index contributed by atoms with van der Waals surface area (Å²) in [5.74, 6) is 1.53. The number of ether oxygens (including phenoxy) is 1. The lowest BCUT2D eigenvalue weighted by Crippen LogP contribution is -2.33. The zero-order valence-electron chi connectivity index (χ0n) is 13.5. The fourth-order valence-electron chi connectivity index (χ4n) is 2.37. The summed E-state index contributed by atoms with van der Waals surface area (Å²) in [5.41, 5.74) is 0.942. The van der Waals surface area contributed by atoms with Crippen molar-refractivity contribution in [1.29, 1.82) is 0 Å². The Balaban J connectivity index is 2.54. The Morgan fingerprint density at radius 3 is 2.25 bits per heavy atom. The molecule has 0 fully saturated rings. The van der Waals surface area contributed by atoms with E-state index in [9.17, 15) is 5.11 Å². The van der Waals surface area contributed by atoms with E-state index in [1.165, 1.54) is 0 Å². The van der Waals surface area contributed by atoms with Gasteiger partial charge < -0.3 is 14.7 Å². The summed E-state index contributed by atoms with van der Waals surface area (Å²) in [4.78, 5) is 2.22. The quantitative estimate of drug-likeness (QED) is 0.790. The van der Waals surface area contributed by atoms with Crippen molar-refractivity contribution in [3.05, 3.63) is 29.8 Å². The van der Waals surface area contributed by atoms with E-state index in [2.05, 4.69) is 32.7 Å². The molecule has 0 aliphatic heterocycles. The summed E-state index contributed by atoms with van der Waals surface area (Å²) in [6.07, 6.45) is 0.692. The normalized spacial score (nSPS) is 14.6. The minimum atomic E-state index is -0.453. The van der Waals surface area contributed by atoms with E-state index in [0.29, 0.717) is 25.1 Å². The monoisotopic (exact) mass is 279 g/mol. The summed E-state index contributed by atoms with van der Waals surface area (Å²) in [6.45, 7) is 9.96. The van der Waals surface area contributed by atoms with Crippen LogP contribution in [0.1, 0.15) is 45.8 Å². The van der Waals surface area contributed by atoms with Gasteiger partial charge in [-0.25, -0.2) is 0 Å². The maximum Gasteiger partial charge on any atom is 0.119 e. The van der Waals surface area contributed by atoms with E-state index >= 15 is 0 Å². The molecule has 0 spiro atoms. The molecule has 3 heteroatoms. The van der Waals surface area contributed by atoms with E-state index in [1.807, 2.05) is 31.2 Å². The third-order valence-electron chi connectivity index (χ3n) is 3.60. The Hall–Kier alpha value is -1.06. The summed E-state index contributed by atoms with van der Waals surface area (Å²) >= 11 is 0. The molecule has 20 heavy (non-hydrogen) atoms. The average molecular weight is 279 g/mol. The number of likely N-dealkylation sites (N-methyl/N-ethyl adjacent to an activating group) is 1. The van der Waals surface area contributed by atoms with Crippen LogP contribution in [0.4, 0.5) is 0 Å². The lowest BCUT2D eigenvalue weighted by atomic mass is 10.0. The number of hydrogen-bond donors (Lipinski definition) is 1.